The summed E-state index contributed by atoms with van der Waals surface area (Å²) in [5.74, 6) is -1.10. The van der Waals surface area contributed by atoms with Crippen LogP contribution in [0.3, 0.4) is 0 Å². The number of alkyl halides is 6. The Morgan fingerprint density at radius 2 is 1.43 bits per heavy atom. The van der Waals surface area contributed by atoms with Crippen molar-refractivity contribution < 1.29 is 35.9 Å². The fourth-order valence-corrected chi connectivity index (χ4v) is 6.86. The number of halogens is 8. The van der Waals surface area contributed by atoms with Crippen molar-refractivity contribution in [1.82, 2.24) is 15.5 Å². The summed E-state index contributed by atoms with van der Waals surface area (Å²) in [6, 6.07) is 15.4. The number of carbonyl (C=O) groups is 2. The van der Waals surface area contributed by atoms with Crippen molar-refractivity contribution in [1.29, 1.82) is 0 Å². The van der Waals surface area contributed by atoms with E-state index in [0.717, 1.165) is 5.56 Å². The molecule has 0 radical (unpaired) electrons. The van der Waals surface area contributed by atoms with Gasteiger partial charge in [-0.3, -0.25) is 9.59 Å². The molecule has 5 nitrogen and oxygen atoms in total. The third kappa shape index (κ3) is 7.01. The number of nitrogens with one attached hydrogen (secondary N) is 2. The smallest absolute Gasteiger partial charge is 0.355 e. The number of benzene rings is 3. The molecule has 2 heterocycles. The molecule has 246 valence electrons. The van der Waals surface area contributed by atoms with Crippen LogP contribution in [0.2, 0.25) is 10.0 Å². The van der Waals surface area contributed by atoms with E-state index < -0.39 is 45.8 Å². The maximum atomic E-state index is 13.8. The first-order chi connectivity index (χ1) is 21.6. The van der Waals surface area contributed by atoms with Gasteiger partial charge in [-0.15, -0.1) is 0 Å². The molecular weight excluding hydrogens is 655 g/mol. The first-order valence-electron chi connectivity index (χ1n) is 14.7. The predicted molar refractivity (Wildman–Crippen MR) is 163 cm³/mol. The van der Waals surface area contributed by atoms with Gasteiger partial charge in [-0.25, -0.2) is 0 Å². The quantitative estimate of drug-likeness (QED) is 0.251. The molecule has 1 atom stereocenters. The van der Waals surface area contributed by atoms with Crippen molar-refractivity contribution in [2.75, 3.05) is 32.7 Å². The van der Waals surface area contributed by atoms with Gasteiger partial charge in [0.15, 0.2) is 0 Å². The van der Waals surface area contributed by atoms with Crippen LogP contribution in [0.15, 0.2) is 66.7 Å². The van der Waals surface area contributed by atoms with Crippen LogP contribution in [0.4, 0.5) is 26.3 Å². The Morgan fingerprint density at radius 3 is 2.02 bits per heavy atom. The molecule has 2 aliphatic heterocycles. The molecule has 5 rings (SSSR count). The lowest BCUT2D eigenvalue weighted by Crippen LogP contribution is -2.51. The Bertz CT molecular complexity index is 1560. The first-order valence-corrected chi connectivity index (χ1v) is 15.5. The second kappa shape index (κ2) is 13.1. The van der Waals surface area contributed by atoms with Crippen molar-refractivity contribution in [3.8, 4) is 0 Å². The van der Waals surface area contributed by atoms with Gasteiger partial charge < -0.3 is 15.5 Å². The van der Waals surface area contributed by atoms with E-state index in [1.165, 1.54) is 4.90 Å². The van der Waals surface area contributed by atoms with Crippen LogP contribution in [-0.4, -0.2) is 49.4 Å². The molecule has 46 heavy (non-hydrogen) atoms. The number of rotatable bonds is 7. The molecule has 3 aromatic rings. The number of carbonyl (C=O) groups excluding carboxylic acids is 2. The summed E-state index contributed by atoms with van der Waals surface area (Å²) in [5.41, 5.74) is -3.80. The third-order valence-corrected chi connectivity index (χ3v) is 9.85. The van der Waals surface area contributed by atoms with Crippen molar-refractivity contribution in [3.63, 3.8) is 0 Å². The molecule has 0 bridgehead atoms. The SMILES string of the molecule is O=C(c1cc(C(F)(F)F)cc(C(F)(F)F)c1)N1CCC(CCNC(=O)C2(c3ccccc3)CCNCC2)(c2ccc(Cl)c(Cl)c2)C1. The van der Waals surface area contributed by atoms with E-state index in [4.69, 9.17) is 23.2 Å². The number of amides is 2. The van der Waals surface area contributed by atoms with Crippen LogP contribution < -0.4 is 10.6 Å². The van der Waals surface area contributed by atoms with Gasteiger partial charge in [0.25, 0.3) is 5.91 Å². The van der Waals surface area contributed by atoms with Crippen LogP contribution >= 0.6 is 23.2 Å². The molecule has 0 saturated carbocycles. The fraction of sp³-hybridized carbons (Fsp3) is 0.394. The lowest BCUT2D eigenvalue weighted by atomic mass is 9.72. The molecule has 0 aromatic heterocycles. The highest BCUT2D eigenvalue weighted by Gasteiger charge is 2.45. The van der Waals surface area contributed by atoms with Crippen LogP contribution in [0.1, 0.15) is 58.3 Å². The summed E-state index contributed by atoms with van der Waals surface area (Å²) < 4.78 is 81.1. The van der Waals surface area contributed by atoms with Gasteiger partial charge in [0.1, 0.15) is 0 Å². The van der Waals surface area contributed by atoms with E-state index in [1.807, 2.05) is 30.3 Å². The monoisotopic (exact) mass is 685 g/mol. The number of hydrogen-bond donors (Lipinski definition) is 2. The van der Waals surface area contributed by atoms with Crippen molar-refractivity contribution in [3.05, 3.63) is 105 Å². The van der Waals surface area contributed by atoms with Gasteiger partial charge >= 0.3 is 12.4 Å². The largest absolute Gasteiger partial charge is 0.416 e. The predicted octanol–water partition coefficient (Wildman–Crippen LogP) is 7.64. The summed E-state index contributed by atoms with van der Waals surface area (Å²) in [4.78, 5) is 28.5. The summed E-state index contributed by atoms with van der Waals surface area (Å²) >= 11 is 12.5. The Labute approximate surface area is 272 Å². The van der Waals surface area contributed by atoms with Crippen molar-refractivity contribution in [2.45, 2.75) is 48.9 Å². The van der Waals surface area contributed by atoms with Gasteiger partial charge in [0, 0.05) is 30.6 Å². The van der Waals surface area contributed by atoms with E-state index >= 15 is 0 Å². The molecule has 2 N–H and O–H groups in total. The maximum absolute atomic E-state index is 13.8. The van der Waals surface area contributed by atoms with Crippen LogP contribution in [0, 0.1) is 0 Å². The molecule has 3 aromatic carbocycles. The molecule has 2 saturated heterocycles. The summed E-state index contributed by atoms with van der Waals surface area (Å²) in [7, 11) is 0. The topological polar surface area (TPSA) is 61.4 Å². The van der Waals surface area contributed by atoms with E-state index in [0.29, 0.717) is 61.5 Å². The lowest BCUT2D eigenvalue weighted by Gasteiger charge is -2.37. The third-order valence-electron chi connectivity index (χ3n) is 9.11. The molecule has 13 heteroatoms. The Morgan fingerprint density at radius 1 is 0.804 bits per heavy atom. The normalized spacial score (nSPS) is 20.0. The van der Waals surface area contributed by atoms with Gasteiger partial charge in [0.05, 0.1) is 26.6 Å². The molecule has 1 unspecified atom stereocenters. The molecule has 2 aliphatic rings. The summed E-state index contributed by atoms with van der Waals surface area (Å²) in [6.07, 6.45) is -8.34. The zero-order valence-electron chi connectivity index (χ0n) is 24.5. The average molecular weight is 687 g/mol. The lowest BCUT2D eigenvalue weighted by molar-refractivity contribution is -0.143. The summed E-state index contributed by atoms with van der Waals surface area (Å²) in [6.45, 7) is 1.57. The molecule has 2 amide bonds. The van der Waals surface area contributed by atoms with Crippen molar-refractivity contribution in [2.24, 2.45) is 0 Å². The van der Waals surface area contributed by atoms with Crippen LogP contribution in [0.5, 0.6) is 0 Å². The minimum atomic E-state index is -5.09. The Kier molecular flexibility index (Phi) is 9.69. The molecule has 2 fully saturated rings. The number of hydrogen-bond acceptors (Lipinski definition) is 3. The number of piperidine rings is 1. The molecule has 0 spiro atoms. The average Bonchev–Trinajstić information content (AvgIpc) is 3.47. The van der Waals surface area contributed by atoms with E-state index in [-0.39, 0.29) is 36.6 Å². The van der Waals surface area contributed by atoms with E-state index in [2.05, 4.69) is 10.6 Å². The minimum Gasteiger partial charge on any atom is -0.355 e. The van der Waals surface area contributed by atoms with Gasteiger partial charge in [0.2, 0.25) is 5.91 Å². The maximum Gasteiger partial charge on any atom is 0.416 e. The standard InChI is InChI=1S/C33H31Cl2F6N3O2/c34-26-7-6-23(19-27(26)35)30(8-14-43-29(46)31(9-12-42-13-10-31)22-4-2-1-3-5-22)11-15-44(20-30)28(45)21-16-24(32(36,37)38)18-25(17-21)33(39,40)41/h1-7,16-19,42H,8-15,20H2,(H,43,46). The zero-order valence-corrected chi connectivity index (χ0v) is 26.0. The highest BCUT2D eigenvalue weighted by atomic mass is 35.5. The number of likely N-dealkylation sites (tertiary alicyclic amines) is 1. The Hall–Kier alpha value is -3.28. The number of nitrogens with zero attached hydrogens (tertiary/aromatic N) is 1. The summed E-state index contributed by atoms with van der Waals surface area (Å²) in [5, 5.41) is 6.91. The van der Waals surface area contributed by atoms with E-state index in [1.54, 1.807) is 18.2 Å². The van der Waals surface area contributed by atoms with E-state index in [9.17, 15) is 35.9 Å². The fourth-order valence-electron chi connectivity index (χ4n) is 6.56. The zero-order chi connectivity index (χ0) is 33.3. The van der Waals surface area contributed by atoms with Gasteiger partial charge in [-0.1, -0.05) is 59.6 Å². The van der Waals surface area contributed by atoms with Gasteiger partial charge in [-0.2, -0.15) is 26.3 Å². The Balaban J connectivity index is 1.41. The second-order valence-corrected chi connectivity index (χ2v) is 12.7. The van der Waals surface area contributed by atoms with Crippen LogP contribution in [-0.2, 0) is 28.0 Å². The van der Waals surface area contributed by atoms with Gasteiger partial charge in [-0.05, 0) is 80.2 Å². The highest BCUT2D eigenvalue weighted by molar-refractivity contribution is 6.42. The minimum absolute atomic E-state index is 0.00592. The van der Waals surface area contributed by atoms with Crippen LogP contribution in [0.25, 0.3) is 0 Å². The molecule has 0 aliphatic carbocycles. The highest BCUT2D eigenvalue weighted by Crippen LogP contribution is 2.42. The first kappa shape index (κ1) is 34.1. The van der Waals surface area contributed by atoms with Crippen molar-refractivity contribution >= 4 is 35.0 Å². The molecular formula is C33H31Cl2F6N3O2. The second-order valence-electron chi connectivity index (χ2n) is 11.9.